The number of carbonyl (C=O) groups is 1. The zero-order valence-electron chi connectivity index (χ0n) is 14.5. The number of fused-ring (bicyclic) bond motifs is 1. The molecule has 0 aromatic heterocycles. The molecule has 0 unspecified atom stereocenters. The van der Waals surface area contributed by atoms with Crippen LogP contribution in [0.15, 0.2) is 47.4 Å². The molecule has 0 saturated heterocycles. The lowest BCUT2D eigenvalue weighted by atomic mass is 9.82. The lowest BCUT2D eigenvalue weighted by Gasteiger charge is -2.26. The first-order valence-electron chi connectivity index (χ1n) is 8.51. The van der Waals surface area contributed by atoms with Crippen molar-refractivity contribution < 1.29 is 17.6 Å². The minimum Gasteiger partial charge on any atom is -0.356 e. The van der Waals surface area contributed by atoms with Crippen molar-refractivity contribution >= 4 is 21.6 Å². The summed E-state index contributed by atoms with van der Waals surface area (Å²) in [6, 6.07) is 10.4. The van der Waals surface area contributed by atoms with Crippen LogP contribution in [0.4, 0.5) is 10.1 Å². The normalized spacial score (nSPS) is 16.6. The third-order valence-electron chi connectivity index (χ3n) is 4.54. The Morgan fingerprint density at radius 3 is 2.77 bits per heavy atom. The molecule has 1 amide bonds. The van der Waals surface area contributed by atoms with Crippen LogP contribution < -0.4 is 10.0 Å². The molecule has 0 fully saturated rings. The number of hydrogen-bond donors (Lipinski definition) is 2. The molecule has 138 valence electrons. The molecule has 0 bridgehead atoms. The first kappa shape index (κ1) is 18.4. The summed E-state index contributed by atoms with van der Waals surface area (Å²) in [7, 11) is -3.84. The fourth-order valence-electron chi connectivity index (χ4n) is 3.31. The number of benzene rings is 2. The summed E-state index contributed by atoms with van der Waals surface area (Å²) in [4.78, 5) is 11.0. The molecule has 2 N–H and O–H groups in total. The maximum Gasteiger partial charge on any atom is 0.261 e. The van der Waals surface area contributed by atoms with Crippen molar-refractivity contribution in [3.05, 3.63) is 59.4 Å². The van der Waals surface area contributed by atoms with E-state index in [1.807, 2.05) is 12.1 Å². The zero-order valence-corrected chi connectivity index (χ0v) is 15.3. The standard InChI is InChI=1S/C19H21FN2O3S/c1-13(23)21-12-15-5-2-4-14-10-17(8-9-19(14)15)22-26(24,25)18-7-3-6-16(20)11-18/h3,6-11,15,22H,2,4-5,12H2,1H3,(H,21,23)/t15-/m1/s1. The molecule has 1 aliphatic rings. The second-order valence-corrected chi connectivity index (χ2v) is 8.19. The predicted octanol–water partition coefficient (Wildman–Crippen LogP) is 3.18. The van der Waals surface area contributed by atoms with Crippen molar-refractivity contribution in [2.24, 2.45) is 0 Å². The highest BCUT2D eigenvalue weighted by Gasteiger charge is 2.22. The number of carbonyl (C=O) groups excluding carboxylic acids is 1. The Labute approximate surface area is 152 Å². The van der Waals surface area contributed by atoms with Gasteiger partial charge in [0.1, 0.15) is 5.82 Å². The molecule has 0 aliphatic heterocycles. The quantitative estimate of drug-likeness (QED) is 0.842. The molecule has 0 radical (unpaired) electrons. The van der Waals surface area contributed by atoms with Gasteiger partial charge in [-0.05, 0) is 60.7 Å². The molecule has 26 heavy (non-hydrogen) atoms. The number of amides is 1. The Bertz CT molecular complexity index is 928. The molecule has 0 heterocycles. The third-order valence-corrected chi connectivity index (χ3v) is 5.92. The van der Waals surface area contributed by atoms with Gasteiger partial charge < -0.3 is 5.32 Å². The van der Waals surface area contributed by atoms with E-state index in [0.717, 1.165) is 36.5 Å². The zero-order chi connectivity index (χ0) is 18.7. The number of anilines is 1. The third kappa shape index (κ3) is 4.22. The van der Waals surface area contributed by atoms with Crippen LogP contribution in [0.1, 0.15) is 36.8 Å². The van der Waals surface area contributed by atoms with E-state index in [2.05, 4.69) is 10.0 Å². The summed E-state index contributed by atoms with van der Waals surface area (Å²) < 4.78 is 40.7. The Morgan fingerprint density at radius 2 is 2.04 bits per heavy atom. The molecule has 1 aliphatic carbocycles. The summed E-state index contributed by atoms with van der Waals surface area (Å²) >= 11 is 0. The van der Waals surface area contributed by atoms with Gasteiger partial charge >= 0.3 is 0 Å². The Hall–Kier alpha value is -2.41. The van der Waals surface area contributed by atoms with Crippen LogP contribution in [0.5, 0.6) is 0 Å². The Morgan fingerprint density at radius 1 is 1.23 bits per heavy atom. The summed E-state index contributed by atoms with van der Waals surface area (Å²) in [6.07, 6.45) is 2.83. The Kier molecular flexibility index (Phi) is 5.27. The van der Waals surface area contributed by atoms with Gasteiger partial charge in [0, 0.05) is 25.1 Å². The van der Waals surface area contributed by atoms with Gasteiger partial charge in [-0.2, -0.15) is 0 Å². The molecule has 1 atom stereocenters. The van der Waals surface area contributed by atoms with Gasteiger partial charge in [-0.3, -0.25) is 9.52 Å². The predicted molar refractivity (Wildman–Crippen MR) is 98.0 cm³/mol. The number of nitrogens with one attached hydrogen (secondary N) is 2. The van der Waals surface area contributed by atoms with Crippen molar-refractivity contribution in [1.82, 2.24) is 5.32 Å². The van der Waals surface area contributed by atoms with Gasteiger partial charge in [0.2, 0.25) is 5.91 Å². The largest absolute Gasteiger partial charge is 0.356 e. The minimum atomic E-state index is -3.84. The number of hydrogen-bond acceptors (Lipinski definition) is 3. The highest BCUT2D eigenvalue weighted by molar-refractivity contribution is 7.92. The average Bonchev–Trinajstić information content (AvgIpc) is 2.59. The smallest absolute Gasteiger partial charge is 0.261 e. The van der Waals surface area contributed by atoms with E-state index in [9.17, 15) is 17.6 Å². The van der Waals surface area contributed by atoms with Crippen LogP contribution in [0.3, 0.4) is 0 Å². The lowest BCUT2D eigenvalue weighted by Crippen LogP contribution is -2.28. The SMILES string of the molecule is CC(=O)NC[C@H]1CCCc2cc(NS(=O)(=O)c3cccc(F)c3)ccc21. The van der Waals surface area contributed by atoms with Crippen LogP contribution in [0, 0.1) is 5.82 Å². The van der Waals surface area contributed by atoms with Crippen molar-refractivity contribution in [2.45, 2.75) is 37.0 Å². The number of aryl methyl sites for hydroxylation is 1. The summed E-state index contributed by atoms with van der Waals surface area (Å²) in [5.74, 6) is -0.424. The summed E-state index contributed by atoms with van der Waals surface area (Å²) in [6.45, 7) is 2.07. The molecule has 7 heteroatoms. The van der Waals surface area contributed by atoms with E-state index in [1.165, 1.54) is 25.1 Å². The van der Waals surface area contributed by atoms with Crippen molar-refractivity contribution in [3.8, 4) is 0 Å². The molecule has 2 aromatic rings. The fraction of sp³-hybridized carbons (Fsp3) is 0.316. The van der Waals surface area contributed by atoms with E-state index in [4.69, 9.17) is 0 Å². The van der Waals surface area contributed by atoms with Gasteiger partial charge in [0.25, 0.3) is 10.0 Å². The van der Waals surface area contributed by atoms with Crippen molar-refractivity contribution in [2.75, 3.05) is 11.3 Å². The highest BCUT2D eigenvalue weighted by atomic mass is 32.2. The van der Waals surface area contributed by atoms with Gasteiger partial charge in [-0.25, -0.2) is 12.8 Å². The van der Waals surface area contributed by atoms with Gasteiger partial charge in [-0.15, -0.1) is 0 Å². The van der Waals surface area contributed by atoms with Crippen LogP contribution in [-0.4, -0.2) is 20.9 Å². The van der Waals surface area contributed by atoms with Gasteiger partial charge in [-0.1, -0.05) is 12.1 Å². The van der Waals surface area contributed by atoms with Crippen LogP contribution in [-0.2, 0) is 21.2 Å². The maximum absolute atomic E-state index is 13.3. The Balaban J connectivity index is 1.81. The van der Waals surface area contributed by atoms with Crippen LogP contribution in [0.2, 0.25) is 0 Å². The number of rotatable bonds is 5. The topological polar surface area (TPSA) is 75.3 Å². The lowest BCUT2D eigenvalue weighted by molar-refractivity contribution is -0.119. The van der Waals surface area contributed by atoms with E-state index in [1.54, 1.807) is 6.07 Å². The van der Waals surface area contributed by atoms with E-state index < -0.39 is 15.8 Å². The van der Waals surface area contributed by atoms with Crippen LogP contribution >= 0.6 is 0 Å². The summed E-state index contributed by atoms with van der Waals surface area (Å²) in [5.41, 5.74) is 2.66. The van der Waals surface area contributed by atoms with E-state index in [0.29, 0.717) is 12.2 Å². The van der Waals surface area contributed by atoms with Crippen molar-refractivity contribution in [3.63, 3.8) is 0 Å². The molecule has 5 nitrogen and oxygen atoms in total. The molecule has 0 saturated carbocycles. The van der Waals surface area contributed by atoms with Gasteiger partial charge in [0.15, 0.2) is 0 Å². The maximum atomic E-state index is 13.3. The molecule has 2 aromatic carbocycles. The molecular weight excluding hydrogens is 355 g/mol. The number of sulfonamides is 1. The monoisotopic (exact) mass is 376 g/mol. The van der Waals surface area contributed by atoms with Crippen LogP contribution in [0.25, 0.3) is 0 Å². The van der Waals surface area contributed by atoms with E-state index in [-0.39, 0.29) is 16.7 Å². The first-order chi connectivity index (χ1) is 12.3. The van der Waals surface area contributed by atoms with E-state index >= 15 is 0 Å². The molecule has 3 rings (SSSR count). The second-order valence-electron chi connectivity index (χ2n) is 6.50. The van der Waals surface area contributed by atoms with Crippen molar-refractivity contribution in [1.29, 1.82) is 0 Å². The second kappa shape index (κ2) is 7.45. The highest BCUT2D eigenvalue weighted by Crippen LogP contribution is 2.33. The summed E-state index contributed by atoms with van der Waals surface area (Å²) in [5, 5.41) is 2.85. The molecular formula is C19H21FN2O3S. The number of halogens is 1. The average molecular weight is 376 g/mol. The molecule has 0 spiro atoms. The minimum absolute atomic E-state index is 0.0587. The fourth-order valence-corrected chi connectivity index (χ4v) is 4.39. The first-order valence-corrected chi connectivity index (χ1v) is 9.99. The van der Waals surface area contributed by atoms with Gasteiger partial charge in [0.05, 0.1) is 4.90 Å².